The molecule has 1 aromatic carbocycles. The van der Waals surface area contributed by atoms with Gasteiger partial charge >= 0.3 is 11.9 Å². The van der Waals surface area contributed by atoms with Gasteiger partial charge in [0.1, 0.15) is 0 Å². The first-order valence-electron chi connectivity index (χ1n) is 7.69. The van der Waals surface area contributed by atoms with Crippen LogP contribution in [0.5, 0.6) is 11.5 Å². The Bertz CT molecular complexity index is 577. The predicted octanol–water partition coefficient (Wildman–Crippen LogP) is 2.52. The van der Waals surface area contributed by atoms with Crippen LogP contribution in [0.25, 0.3) is 0 Å². The standard InChI is InChI=1S/C17H23NO6/c1-5-22-15-10-12(8-9-14(15)21-4)18-11-13(16(19)23-6-2)17(20)24-7-3/h8-11,18H,5-7H2,1-4H3. The summed E-state index contributed by atoms with van der Waals surface area (Å²) in [6.45, 7) is 5.97. The summed E-state index contributed by atoms with van der Waals surface area (Å²) >= 11 is 0. The number of rotatable bonds is 9. The number of carbonyl (C=O) groups excluding carboxylic acids is 2. The van der Waals surface area contributed by atoms with Crippen molar-refractivity contribution in [3.63, 3.8) is 0 Å². The Morgan fingerprint density at radius 3 is 2.12 bits per heavy atom. The third-order valence-electron chi connectivity index (χ3n) is 2.84. The first-order valence-corrected chi connectivity index (χ1v) is 7.69. The lowest BCUT2D eigenvalue weighted by molar-refractivity contribution is -0.146. The van der Waals surface area contributed by atoms with Gasteiger partial charge in [0, 0.05) is 18.0 Å². The zero-order valence-corrected chi connectivity index (χ0v) is 14.4. The molecule has 0 fully saturated rings. The normalized spacial score (nSPS) is 9.67. The lowest BCUT2D eigenvalue weighted by Crippen LogP contribution is -2.19. The van der Waals surface area contributed by atoms with Crippen molar-refractivity contribution in [2.45, 2.75) is 20.8 Å². The maximum Gasteiger partial charge on any atom is 0.347 e. The van der Waals surface area contributed by atoms with E-state index in [9.17, 15) is 9.59 Å². The highest BCUT2D eigenvalue weighted by molar-refractivity contribution is 6.14. The van der Waals surface area contributed by atoms with Crippen LogP contribution in [-0.2, 0) is 19.1 Å². The first-order chi connectivity index (χ1) is 11.6. The van der Waals surface area contributed by atoms with E-state index in [2.05, 4.69) is 5.32 Å². The topological polar surface area (TPSA) is 83.1 Å². The fourth-order valence-electron chi connectivity index (χ4n) is 1.81. The number of benzene rings is 1. The molecule has 0 heterocycles. The predicted molar refractivity (Wildman–Crippen MR) is 89.1 cm³/mol. The van der Waals surface area contributed by atoms with Crippen LogP contribution in [-0.4, -0.2) is 38.9 Å². The minimum Gasteiger partial charge on any atom is -0.493 e. The van der Waals surface area contributed by atoms with Gasteiger partial charge in [0.2, 0.25) is 0 Å². The summed E-state index contributed by atoms with van der Waals surface area (Å²) in [5, 5.41) is 2.87. The highest BCUT2D eigenvalue weighted by atomic mass is 16.6. The maximum atomic E-state index is 11.9. The molecule has 0 saturated heterocycles. The molecule has 0 spiro atoms. The van der Waals surface area contributed by atoms with Crippen molar-refractivity contribution in [3.8, 4) is 11.5 Å². The van der Waals surface area contributed by atoms with Crippen LogP contribution in [0, 0.1) is 0 Å². The molecular formula is C17H23NO6. The summed E-state index contributed by atoms with van der Waals surface area (Å²) in [5.41, 5.74) is 0.401. The van der Waals surface area contributed by atoms with Crippen LogP contribution >= 0.6 is 0 Å². The molecule has 0 aliphatic carbocycles. The minimum atomic E-state index is -0.748. The van der Waals surface area contributed by atoms with Crippen LogP contribution in [0.15, 0.2) is 30.0 Å². The highest BCUT2D eigenvalue weighted by Gasteiger charge is 2.21. The molecule has 1 rings (SSSR count). The molecule has 7 heteroatoms. The lowest BCUT2D eigenvalue weighted by atomic mass is 10.2. The number of hydrogen-bond donors (Lipinski definition) is 1. The van der Waals surface area contributed by atoms with Gasteiger partial charge in [-0.1, -0.05) is 0 Å². The van der Waals surface area contributed by atoms with Crippen molar-refractivity contribution in [1.82, 2.24) is 0 Å². The van der Waals surface area contributed by atoms with Gasteiger partial charge in [-0.05, 0) is 32.9 Å². The lowest BCUT2D eigenvalue weighted by Gasteiger charge is -2.11. The third-order valence-corrected chi connectivity index (χ3v) is 2.84. The first kappa shape index (κ1) is 19.3. The Labute approximate surface area is 141 Å². The smallest absolute Gasteiger partial charge is 0.347 e. The van der Waals surface area contributed by atoms with E-state index in [-0.39, 0.29) is 18.8 Å². The van der Waals surface area contributed by atoms with E-state index in [0.717, 1.165) is 0 Å². The summed E-state index contributed by atoms with van der Waals surface area (Å²) < 4.78 is 20.4. The van der Waals surface area contributed by atoms with E-state index >= 15 is 0 Å². The summed E-state index contributed by atoms with van der Waals surface area (Å²) in [7, 11) is 1.55. The van der Waals surface area contributed by atoms with Crippen LogP contribution in [0.3, 0.4) is 0 Å². The van der Waals surface area contributed by atoms with E-state index in [1.165, 1.54) is 6.20 Å². The van der Waals surface area contributed by atoms with Crippen molar-refractivity contribution in [2.24, 2.45) is 0 Å². The van der Waals surface area contributed by atoms with Gasteiger partial charge < -0.3 is 24.3 Å². The van der Waals surface area contributed by atoms with E-state index in [4.69, 9.17) is 18.9 Å². The summed E-state index contributed by atoms with van der Waals surface area (Å²) in [5.74, 6) is -0.362. The molecule has 0 radical (unpaired) electrons. The largest absolute Gasteiger partial charge is 0.493 e. The Morgan fingerprint density at radius 2 is 1.62 bits per heavy atom. The van der Waals surface area contributed by atoms with Gasteiger partial charge in [-0.15, -0.1) is 0 Å². The van der Waals surface area contributed by atoms with E-state index < -0.39 is 11.9 Å². The number of ether oxygens (including phenoxy) is 4. The van der Waals surface area contributed by atoms with Crippen LogP contribution < -0.4 is 14.8 Å². The summed E-state index contributed by atoms with van der Waals surface area (Å²) in [6, 6.07) is 5.15. The molecule has 24 heavy (non-hydrogen) atoms. The Balaban J connectivity index is 3.01. The molecule has 0 atom stereocenters. The molecule has 132 valence electrons. The second-order valence-electron chi connectivity index (χ2n) is 4.44. The van der Waals surface area contributed by atoms with Crippen LogP contribution in [0.1, 0.15) is 20.8 Å². The highest BCUT2D eigenvalue weighted by Crippen LogP contribution is 2.30. The van der Waals surface area contributed by atoms with Gasteiger partial charge in [-0.2, -0.15) is 0 Å². The molecule has 1 aromatic rings. The van der Waals surface area contributed by atoms with Crippen LogP contribution in [0.2, 0.25) is 0 Å². The number of carbonyl (C=O) groups is 2. The van der Waals surface area contributed by atoms with Gasteiger partial charge in [-0.25, -0.2) is 9.59 Å². The molecular weight excluding hydrogens is 314 g/mol. The monoisotopic (exact) mass is 337 g/mol. The molecule has 0 bridgehead atoms. The van der Waals surface area contributed by atoms with Crippen molar-refractivity contribution in [3.05, 3.63) is 30.0 Å². The summed E-state index contributed by atoms with van der Waals surface area (Å²) in [4.78, 5) is 23.7. The molecule has 0 amide bonds. The van der Waals surface area contributed by atoms with Gasteiger partial charge in [0.05, 0.1) is 26.9 Å². The fourth-order valence-corrected chi connectivity index (χ4v) is 1.81. The molecule has 0 unspecified atom stereocenters. The minimum absolute atomic E-state index is 0.159. The quantitative estimate of drug-likeness (QED) is 0.321. The number of esters is 2. The van der Waals surface area contributed by atoms with Crippen molar-refractivity contribution in [2.75, 3.05) is 32.2 Å². The van der Waals surface area contributed by atoms with Crippen molar-refractivity contribution < 1.29 is 28.5 Å². The maximum absolute atomic E-state index is 11.9. The molecule has 0 aliphatic heterocycles. The SMILES string of the molecule is CCOC(=O)C(=CNc1ccc(OC)c(OCC)c1)C(=O)OCC. The molecule has 0 aromatic heterocycles. The fraction of sp³-hybridized carbons (Fsp3) is 0.412. The molecule has 1 N–H and O–H groups in total. The van der Waals surface area contributed by atoms with Crippen LogP contribution in [0.4, 0.5) is 5.69 Å². The number of hydrogen-bond acceptors (Lipinski definition) is 7. The number of methoxy groups -OCH3 is 1. The van der Waals surface area contributed by atoms with Gasteiger partial charge in [0.25, 0.3) is 0 Å². The molecule has 0 aliphatic rings. The Kier molecular flexibility index (Phi) is 8.18. The third kappa shape index (κ3) is 5.49. The molecule has 0 saturated carbocycles. The number of nitrogens with one attached hydrogen (secondary N) is 1. The van der Waals surface area contributed by atoms with E-state index in [0.29, 0.717) is 23.8 Å². The zero-order chi connectivity index (χ0) is 17.9. The summed E-state index contributed by atoms with van der Waals surface area (Å²) in [6.07, 6.45) is 1.26. The number of anilines is 1. The second kappa shape index (κ2) is 10.1. The Hall–Kier alpha value is -2.70. The van der Waals surface area contributed by atoms with Gasteiger partial charge in [-0.3, -0.25) is 0 Å². The zero-order valence-electron chi connectivity index (χ0n) is 14.4. The van der Waals surface area contributed by atoms with Crippen molar-refractivity contribution in [1.29, 1.82) is 0 Å². The molecule has 7 nitrogen and oxygen atoms in total. The van der Waals surface area contributed by atoms with E-state index in [1.54, 1.807) is 39.2 Å². The second-order valence-corrected chi connectivity index (χ2v) is 4.44. The van der Waals surface area contributed by atoms with E-state index in [1.807, 2.05) is 6.92 Å². The van der Waals surface area contributed by atoms with Crippen molar-refractivity contribution >= 4 is 17.6 Å². The average molecular weight is 337 g/mol. The van der Waals surface area contributed by atoms with Gasteiger partial charge in [0.15, 0.2) is 17.1 Å². The average Bonchev–Trinajstić information content (AvgIpc) is 2.56. The Morgan fingerprint density at radius 1 is 1.00 bits per heavy atom.